The number of ether oxygens (including phenoxy) is 2. The first-order valence-corrected chi connectivity index (χ1v) is 9.39. The second-order valence-electron chi connectivity index (χ2n) is 8.41. The molecular formula is C21H30O3. The summed E-state index contributed by atoms with van der Waals surface area (Å²) in [6.45, 7) is 7.19. The van der Waals surface area contributed by atoms with E-state index >= 15 is 0 Å². The minimum atomic E-state index is -0.0814. The summed E-state index contributed by atoms with van der Waals surface area (Å²) in [5, 5.41) is 0. The molecule has 1 aromatic heterocycles. The number of aryl methyl sites for hydroxylation is 1. The molecule has 2 heterocycles. The predicted molar refractivity (Wildman–Crippen MR) is 93.5 cm³/mol. The average Bonchev–Trinajstić information content (AvgIpc) is 3.14. The van der Waals surface area contributed by atoms with Gasteiger partial charge in [0, 0.05) is 12.5 Å². The molecule has 3 heteroatoms. The third-order valence-corrected chi connectivity index (χ3v) is 7.63. The zero-order chi connectivity index (χ0) is 16.9. The molecule has 2 bridgehead atoms. The molecule has 0 unspecified atom stereocenters. The quantitative estimate of drug-likeness (QED) is 0.730. The number of rotatable bonds is 4. The summed E-state index contributed by atoms with van der Waals surface area (Å²) < 4.78 is 17.7. The summed E-state index contributed by atoms with van der Waals surface area (Å²) >= 11 is 0. The number of allylic oxidation sites excluding steroid dienone is 2. The first-order chi connectivity index (χ1) is 11.5. The fourth-order valence-electron chi connectivity index (χ4n) is 6.14. The fourth-order valence-corrected chi connectivity index (χ4v) is 6.14. The number of furan rings is 1. The van der Waals surface area contributed by atoms with Crippen molar-refractivity contribution in [3.8, 4) is 0 Å². The Balaban J connectivity index is 1.74. The van der Waals surface area contributed by atoms with Crippen LogP contribution in [-0.4, -0.2) is 19.5 Å². The van der Waals surface area contributed by atoms with Gasteiger partial charge in [-0.05, 0) is 67.9 Å². The van der Waals surface area contributed by atoms with Gasteiger partial charge in [-0.1, -0.05) is 25.5 Å². The van der Waals surface area contributed by atoms with Gasteiger partial charge in [0.05, 0.1) is 18.6 Å². The van der Waals surface area contributed by atoms with Gasteiger partial charge in [0.25, 0.3) is 0 Å². The molecule has 132 valence electrons. The third-order valence-electron chi connectivity index (χ3n) is 7.63. The van der Waals surface area contributed by atoms with Crippen molar-refractivity contribution in [2.24, 2.45) is 22.7 Å². The van der Waals surface area contributed by atoms with E-state index in [-0.39, 0.29) is 17.1 Å². The van der Waals surface area contributed by atoms with E-state index in [0.717, 1.165) is 19.3 Å². The molecule has 0 aromatic carbocycles. The zero-order valence-corrected chi connectivity index (χ0v) is 15.4. The number of fused-ring (bicyclic) bond motifs is 4. The van der Waals surface area contributed by atoms with Crippen LogP contribution in [0.4, 0.5) is 0 Å². The lowest BCUT2D eigenvalue weighted by atomic mass is 9.46. The van der Waals surface area contributed by atoms with Crippen molar-refractivity contribution in [1.29, 1.82) is 0 Å². The topological polar surface area (TPSA) is 31.6 Å². The SMILES string of the molecule is CO[C@H]1O[C@@H]2C[C@@]3(C)C(C)=CCC[C@@H]3[C@@]1(CCc1ccoc1)[C@@H]2C. The Morgan fingerprint density at radius 3 is 2.92 bits per heavy atom. The number of hydrogen-bond donors (Lipinski definition) is 0. The van der Waals surface area contributed by atoms with E-state index in [9.17, 15) is 0 Å². The normalized spacial score (nSPS) is 44.2. The van der Waals surface area contributed by atoms with Crippen LogP contribution in [-0.2, 0) is 15.9 Å². The van der Waals surface area contributed by atoms with Crippen molar-refractivity contribution >= 4 is 0 Å². The molecule has 3 aliphatic rings. The molecule has 6 atom stereocenters. The maximum atomic E-state index is 6.45. The maximum Gasteiger partial charge on any atom is 0.163 e. The van der Waals surface area contributed by atoms with Gasteiger partial charge < -0.3 is 13.9 Å². The van der Waals surface area contributed by atoms with E-state index in [1.807, 2.05) is 13.4 Å². The molecule has 1 aliphatic heterocycles. The van der Waals surface area contributed by atoms with Crippen LogP contribution in [0.25, 0.3) is 0 Å². The van der Waals surface area contributed by atoms with Crippen molar-refractivity contribution in [2.45, 2.75) is 65.3 Å². The highest BCUT2D eigenvalue weighted by Gasteiger charge is 2.67. The van der Waals surface area contributed by atoms with Gasteiger partial charge in [-0.25, -0.2) is 0 Å². The minimum Gasteiger partial charge on any atom is -0.472 e. The van der Waals surface area contributed by atoms with Gasteiger partial charge in [0.15, 0.2) is 6.29 Å². The average molecular weight is 330 g/mol. The highest BCUT2D eigenvalue weighted by atomic mass is 16.7. The summed E-state index contributed by atoms with van der Waals surface area (Å²) in [5.41, 5.74) is 3.19. The Kier molecular flexibility index (Phi) is 3.92. The van der Waals surface area contributed by atoms with Crippen LogP contribution in [0.3, 0.4) is 0 Å². The van der Waals surface area contributed by atoms with Crippen LogP contribution in [0.15, 0.2) is 34.7 Å². The lowest BCUT2D eigenvalue weighted by Crippen LogP contribution is -2.55. The summed E-state index contributed by atoms with van der Waals surface area (Å²) in [7, 11) is 1.82. The summed E-state index contributed by atoms with van der Waals surface area (Å²) in [4.78, 5) is 0. The molecule has 4 rings (SSSR count). The molecule has 0 spiro atoms. The maximum absolute atomic E-state index is 6.45. The van der Waals surface area contributed by atoms with Gasteiger partial charge in [0.1, 0.15) is 0 Å². The summed E-state index contributed by atoms with van der Waals surface area (Å²) in [5.74, 6) is 1.17. The summed E-state index contributed by atoms with van der Waals surface area (Å²) in [6, 6.07) is 2.09. The Bertz CT molecular complexity index is 619. The van der Waals surface area contributed by atoms with Crippen LogP contribution < -0.4 is 0 Å². The Morgan fingerprint density at radius 2 is 2.21 bits per heavy atom. The van der Waals surface area contributed by atoms with E-state index in [1.54, 1.807) is 11.8 Å². The van der Waals surface area contributed by atoms with E-state index in [2.05, 4.69) is 32.9 Å². The zero-order valence-electron chi connectivity index (χ0n) is 15.4. The van der Waals surface area contributed by atoms with Crippen LogP contribution >= 0.6 is 0 Å². The van der Waals surface area contributed by atoms with Crippen molar-refractivity contribution in [1.82, 2.24) is 0 Å². The monoisotopic (exact) mass is 330 g/mol. The third kappa shape index (κ3) is 2.10. The molecule has 2 fully saturated rings. The van der Waals surface area contributed by atoms with E-state index in [1.165, 1.54) is 18.4 Å². The molecule has 1 saturated heterocycles. The lowest BCUT2D eigenvalue weighted by Gasteiger charge is -2.57. The van der Waals surface area contributed by atoms with Gasteiger partial charge in [-0.3, -0.25) is 0 Å². The highest BCUT2D eigenvalue weighted by molar-refractivity contribution is 5.25. The van der Waals surface area contributed by atoms with Crippen molar-refractivity contribution in [3.63, 3.8) is 0 Å². The molecular weight excluding hydrogens is 300 g/mol. The van der Waals surface area contributed by atoms with Gasteiger partial charge >= 0.3 is 0 Å². The van der Waals surface area contributed by atoms with Gasteiger partial charge in [-0.15, -0.1) is 0 Å². The Morgan fingerprint density at radius 1 is 1.38 bits per heavy atom. The molecule has 1 saturated carbocycles. The highest BCUT2D eigenvalue weighted by Crippen LogP contribution is 2.67. The molecule has 3 nitrogen and oxygen atoms in total. The van der Waals surface area contributed by atoms with Crippen molar-refractivity contribution in [2.75, 3.05) is 7.11 Å². The van der Waals surface area contributed by atoms with E-state index in [0.29, 0.717) is 17.9 Å². The minimum absolute atomic E-state index is 0.0814. The fraction of sp³-hybridized carbons (Fsp3) is 0.714. The number of methoxy groups -OCH3 is 1. The first kappa shape index (κ1) is 16.4. The van der Waals surface area contributed by atoms with E-state index in [4.69, 9.17) is 13.9 Å². The van der Waals surface area contributed by atoms with Gasteiger partial charge in [-0.2, -0.15) is 0 Å². The first-order valence-electron chi connectivity index (χ1n) is 9.39. The second-order valence-corrected chi connectivity index (χ2v) is 8.41. The second kappa shape index (κ2) is 5.74. The van der Waals surface area contributed by atoms with Crippen molar-refractivity contribution in [3.05, 3.63) is 35.8 Å². The largest absolute Gasteiger partial charge is 0.472 e. The van der Waals surface area contributed by atoms with Crippen LogP contribution in [0.5, 0.6) is 0 Å². The molecule has 1 aromatic rings. The summed E-state index contributed by atoms with van der Waals surface area (Å²) in [6.07, 6.45) is 12.0. The molecule has 0 N–H and O–H groups in total. The molecule has 24 heavy (non-hydrogen) atoms. The Labute approximate surface area is 145 Å². The van der Waals surface area contributed by atoms with Crippen LogP contribution in [0.1, 0.15) is 52.0 Å². The molecule has 0 amide bonds. The Hall–Kier alpha value is -1.06. The van der Waals surface area contributed by atoms with Crippen molar-refractivity contribution < 1.29 is 13.9 Å². The standard InChI is InChI=1S/C21H30O3/c1-14-6-5-7-18-20(14,3)12-17-15(2)21(18,19(22-4)24-17)10-8-16-9-11-23-13-16/h6,9,11,13,15,17-19H,5,7-8,10,12H2,1-4H3/t15-,17-,18+,19+,20+,21-/m1/s1. The van der Waals surface area contributed by atoms with Crippen LogP contribution in [0, 0.1) is 22.7 Å². The van der Waals surface area contributed by atoms with Crippen LogP contribution in [0.2, 0.25) is 0 Å². The van der Waals surface area contributed by atoms with E-state index < -0.39 is 0 Å². The predicted octanol–water partition coefficient (Wildman–Crippen LogP) is 4.97. The van der Waals surface area contributed by atoms with Gasteiger partial charge in [0.2, 0.25) is 0 Å². The molecule has 2 aliphatic carbocycles. The smallest absolute Gasteiger partial charge is 0.163 e. The lowest BCUT2D eigenvalue weighted by molar-refractivity contribution is -0.170. The molecule has 0 radical (unpaired) electrons. The number of hydrogen-bond acceptors (Lipinski definition) is 3.